The monoisotopic (exact) mass is 314 g/mol. The minimum atomic E-state index is -0.0726. The maximum atomic E-state index is 12.3. The van der Waals surface area contributed by atoms with Crippen molar-refractivity contribution in [2.45, 2.75) is 39.2 Å². The molecule has 1 aromatic carbocycles. The molecule has 1 aromatic heterocycles. The first-order valence-corrected chi connectivity index (χ1v) is 8.58. The molecule has 2 heterocycles. The lowest BCUT2D eigenvalue weighted by Crippen LogP contribution is -2.32. The Balaban J connectivity index is 1.64. The molecule has 23 heavy (non-hydrogen) atoms. The second-order valence-electron chi connectivity index (χ2n) is 6.83. The molecular formula is C18H26N4O. The Morgan fingerprint density at radius 3 is 2.91 bits per heavy atom. The molecule has 1 saturated heterocycles. The number of amides is 1. The van der Waals surface area contributed by atoms with Gasteiger partial charge in [-0.1, -0.05) is 26.0 Å². The molecule has 1 aliphatic rings. The third-order valence-electron chi connectivity index (χ3n) is 4.63. The SMILES string of the molecule is CC(C)C(NC(=O)CCC1CCNC1)c1nc2ccccc2[nH]1. The van der Waals surface area contributed by atoms with E-state index in [0.29, 0.717) is 12.3 Å². The quantitative estimate of drug-likeness (QED) is 0.768. The summed E-state index contributed by atoms with van der Waals surface area (Å²) >= 11 is 0. The lowest BCUT2D eigenvalue weighted by atomic mass is 10.0. The molecule has 0 saturated carbocycles. The summed E-state index contributed by atoms with van der Waals surface area (Å²) < 4.78 is 0. The van der Waals surface area contributed by atoms with E-state index in [4.69, 9.17) is 0 Å². The summed E-state index contributed by atoms with van der Waals surface area (Å²) in [5.41, 5.74) is 1.96. The van der Waals surface area contributed by atoms with E-state index in [2.05, 4.69) is 34.4 Å². The fraction of sp³-hybridized carbons (Fsp3) is 0.556. The van der Waals surface area contributed by atoms with Gasteiger partial charge in [-0.15, -0.1) is 0 Å². The van der Waals surface area contributed by atoms with Crippen molar-refractivity contribution in [3.63, 3.8) is 0 Å². The number of para-hydroxylation sites is 2. The Hall–Kier alpha value is -1.88. The summed E-state index contributed by atoms with van der Waals surface area (Å²) in [6, 6.07) is 7.89. The number of aromatic nitrogens is 2. The summed E-state index contributed by atoms with van der Waals surface area (Å²) in [6.07, 6.45) is 2.74. The van der Waals surface area contributed by atoms with E-state index in [0.717, 1.165) is 36.4 Å². The smallest absolute Gasteiger partial charge is 0.220 e. The van der Waals surface area contributed by atoms with Crippen LogP contribution in [0.5, 0.6) is 0 Å². The van der Waals surface area contributed by atoms with Gasteiger partial charge in [-0.2, -0.15) is 0 Å². The van der Waals surface area contributed by atoms with Gasteiger partial charge in [0.15, 0.2) is 0 Å². The van der Waals surface area contributed by atoms with Crippen LogP contribution in [0.4, 0.5) is 0 Å². The third-order valence-corrected chi connectivity index (χ3v) is 4.63. The van der Waals surface area contributed by atoms with Gasteiger partial charge in [-0.25, -0.2) is 4.98 Å². The normalized spacial score (nSPS) is 19.3. The summed E-state index contributed by atoms with van der Waals surface area (Å²) in [5.74, 6) is 1.89. The number of benzene rings is 1. The molecule has 1 fully saturated rings. The molecule has 0 aliphatic carbocycles. The number of nitrogens with one attached hydrogen (secondary N) is 3. The molecule has 2 atom stereocenters. The summed E-state index contributed by atoms with van der Waals surface area (Å²) in [5, 5.41) is 6.51. The molecule has 0 bridgehead atoms. The Labute approximate surface area is 137 Å². The van der Waals surface area contributed by atoms with Gasteiger partial charge in [0.25, 0.3) is 0 Å². The minimum absolute atomic E-state index is 0.0726. The second-order valence-corrected chi connectivity index (χ2v) is 6.83. The maximum Gasteiger partial charge on any atom is 0.220 e. The minimum Gasteiger partial charge on any atom is -0.346 e. The summed E-state index contributed by atoms with van der Waals surface area (Å²) in [7, 11) is 0. The number of H-pyrrole nitrogens is 1. The van der Waals surface area contributed by atoms with Crippen LogP contribution in [-0.4, -0.2) is 29.0 Å². The molecule has 1 aliphatic heterocycles. The number of fused-ring (bicyclic) bond motifs is 1. The van der Waals surface area contributed by atoms with Gasteiger partial charge in [-0.3, -0.25) is 4.79 Å². The van der Waals surface area contributed by atoms with Gasteiger partial charge in [0.1, 0.15) is 5.82 Å². The van der Waals surface area contributed by atoms with E-state index < -0.39 is 0 Å². The van der Waals surface area contributed by atoms with Crippen molar-refractivity contribution in [2.75, 3.05) is 13.1 Å². The first-order chi connectivity index (χ1) is 11.1. The Bertz CT molecular complexity index is 625. The average molecular weight is 314 g/mol. The first-order valence-electron chi connectivity index (χ1n) is 8.58. The highest BCUT2D eigenvalue weighted by Gasteiger charge is 2.22. The van der Waals surface area contributed by atoms with E-state index in [1.807, 2.05) is 24.3 Å². The Kier molecular flexibility index (Phi) is 4.96. The number of carbonyl (C=O) groups excluding carboxylic acids is 1. The van der Waals surface area contributed by atoms with Crippen LogP contribution in [0.25, 0.3) is 11.0 Å². The number of hydrogen-bond donors (Lipinski definition) is 3. The van der Waals surface area contributed by atoms with Crippen LogP contribution in [0.1, 0.15) is 45.0 Å². The highest BCUT2D eigenvalue weighted by atomic mass is 16.1. The fourth-order valence-electron chi connectivity index (χ4n) is 3.21. The molecule has 1 amide bonds. The first kappa shape index (κ1) is 16.0. The van der Waals surface area contributed by atoms with Crippen LogP contribution in [0, 0.1) is 11.8 Å². The van der Waals surface area contributed by atoms with Gasteiger partial charge in [0.2, 0.25) is 5.91 Å². The molecule has 3 rings (SSSR count). The zero-order valence-electron chi connectivity index (χ0n) is 13.9. The molecule has 0 spiro atoms. The van der Waals surface area contributed by atoms with Gasteiger partial charge in [0.05, 0.1) is 17.1 Å². The highest BCUT2D eigenvalue weighted by Crippen LogP contribution is 2.23. The Morgan fingerprint density at radius 1 is 1.39 bits per heavy atom. The number of rotatable bonds is 6. The van der Waals surface area contributed by atoms with Gasteiger partial charge < -0.3 is 15.6 Å². The molecule has 5 nitrogen and oxygen atoms in total. The lowest BCUT2D eigenvalue weighted by molar-refractivity contribution is -0.122. The van der Waals surface area contributed by atoms with Crippen LogP contribution in [0.3, 0.4) is 0 Å². The van der Waals surface area contributed by atoms with E-state index in [-0.39, 0.29) is 17.9 Å². The van der Waals surface area contributed by atoms with E-state index >= 15 is 0 Å². The predicted molar refractivity (Wildman–Crippen MR) is 92.0 cm³/mol. The summed E-state index contributed by atoms with van der Waals surface area (Å²) in [6.45, 7) is 6.35. The lowest BCUT2D eigenvalue weighted by Gasteiger charge is -2.20. The highest BCUT2D eigenvalue weighted by molar-refractivity contribution is 5.77. The molecule has 2 aromatic rings. The van der Waals surface area contributed by atoms with Gasteiger partial charge in [-0.05, 0) is 49.9 Å². The van der Waals surface area contributed by atoms with Gasteiger partial charge >= 0.3 is 0 Å². The molecular weight excluding hydrogens is 288 g/mol. The molecule has 124 valence electrons. The van der Waals surface area contributed by atoms with Crippen molar-refractivity contribution < 1.29 is 4.79 Å². The Morgan fingerprint density at radius 2 is 2.22 bits per heavy atom. The van der Waals surface area contributed by atoms with Crippen molar-refractivity contribution >= 4 is 16.9 Å². The van der Waals surface area contributed by atoms with Crippen LogP contribution in [0.15, 0.2) is 24.3 Å². The van der Waals surface area contributed by atoms with Crippen LogP contribution < -0.4 is 10.6 Å². The van der Waals surface area contributed by atoms with Crippen LogP contribution >= 0.6 is 0 Å². The zero-order valence-corrected chi connectivity index (χ0v) is 13.9. The van der Waals surface area contributed by atoms with Crippen molar-refractivity contribution in [3.05, 3.63) is 30.1 Å². The van der Waals surface area contributed by atoms with Crippen molar-refractivity contribution in [2.24, 2.45) is 11.8 Å². The largest absolute Gasteiger partial charge is 0.346 e. The van der Waals surface area contributed by atoms with E-state index in [1.165, 1.54) is 6.42 Å². The number of nitrogens with zero attached hydrogens (tertiary/aromatic N) is 1. The average Bonchev–Trinajstić information content (AvgIpc) is 3.19. The van der Waals surface area contributed by atoms with Crippen LogP contribution in [0.2, 0.25) is 0 Å². The van der Waals surface area contributed by atoms with E-state index in [1.54, 1.807) is 0 Å². The second kappa shape index (κ2) is 7.13. The topological polar surface area (TPSA) is 69.8 Å². The maximum absolute atomic E-state index is 12.3. The zero-order chi connectivity index (χ0) is 16.2. The van der Waals surface area contributed by atoms with Crippen molar-refractivity contribution in [1.82, 2.24) is 20.6 Å². The standard InChI is InChI=1S/C18H26N4O/c1-12(2)17(18-20-14-5-3-4-6-15(14)21-18)22-16(23)8-7-13-9-10-19-11-13/h3-6,12-13,17,19H,7-11H2,1-2H3,(H,20,21)(H,22,23). The van der Waals surface area contributed by atoms with E-state index in [9.17, 15) is 4.79 Å². The van der Waals surface area contributed by atoms with Crippen LogP contribution in [-0.2, 0) is 4.79 Å². The predicted octanol–water partition coefficient (Wildman–Crippen LogP) is 2.77. The van der Waals surface area contributed by atoms with Crippen molar-refractivity contribution in [1.29, 1.82) is 0 Å². The fourth-order valence-corrected chi connectivity index (χ4v) is 3.21. The number of imidazole rings is 1. The van der Waals surface area contributed by atoms with Gasteiger partial charge in [0, 0.05) is 6.42 Å². The third kappa shape index (κ3) is 3.91. The molecule has 3 N–H and O–H groups in total. The summed E-state index contributed by atoms with van der Waals surface area (Å²) in [4.78, 5) is 20.3. The number of aromatic amines is 1. The molecule has 0 radical (unpaired) electrons. The van der Waals surface area contributed by atoms with Crippen molar-refractivity contribution in [3.8, 4) is 0 Å². The molecule has 5 heteroatoms. The molecule has 2 unspecified atom stereocenters. The number of carbonyl (C=O) groups is 1. The number of hydrogen-bond acceptors (Lipinski definition) is 3.